The third-order valence-corrected chi connectivity index (χ3v) is 6.93. The number of hydrogen-bond acceptors (Lipinski definition) is 11. The lowest BCUT2D eigenvalue weighted by atomic mass is 10.2. The molecule has 2 aromatic rings. The van der Waals surface area contributed by atoms with E-state index in [9.17, 15) is 10.1 Å². The van der Waals surface area contributed by atoms with E-state index in [1.165, 1.54) is 11.3 Å². The highest BCUT2D eigenvalue weighted by molar-refractivity contribution is 7.98. The summed E-state index contributed by atoms with van der Waals surface area (Å²) in [6, 6.07) is 0. The summed E-state index contributed by atoms with van der Waals surface area (Å²) in [7, 11) is 9.77. The predicted octanol–water partition coefficient (Wildman–Crippen LogP) is 2.54. The molecule has 0 spiro atoms. The Labute approximate surface area is 196 Å². The van der Waals surface area contributed by atoms with Crippen molar-refractivity contribution in [2.45, 2.75) is 25.3 Å². The molecule has 2 heterocycles. The van der Waals surface area contributed by atoms with Crippen LogP contribution in [0.3, 0.4) is 0 Å². The fourth-order valence-electron chi connectivity index (χ4n) is 2.67. The SMILES string of the molecule is CN(C)Cc1nc(CSCCN(C)/C(N)=C(/Cc2csc(CN(C)C)n2)[N+](=O)[O-])cs1. The number of allylic oxidation sites excluding steroid dienone is 1. The molecule has 0 bridgehead atoms. The van der Waals surface area contributed by atoms with Crippen LogP contribution in [0.15, 0.2) is 22.3 Å². The first-order valence-corrected chi connectivity index (χ1v) is 12.6. The maximum atomic E-state index is 11.6. The van der Waals surface area contributed by atoms with E-state index >= 15 is 0 Å². The fourth-order valence-corrected chi connectivity index (χ4v) is 5.50. The smallest absolute Gasteiger partial charge is 0.291 e. The number of rotatable bonds is 13. The summed E-state index contributed by atoms with van der Waals surface area (Å²) in [6.07, 6.45) is 0.119. The fraction of sp³-hybridized carbons (Fsp3) is 0.579. The summed E-state index contributed by atoms with van der Waals surface area (Å²) in [5.74, 6) is 1.80. The van der Waals surface area contributed by atoms with Crippen LogP contribution in [0, 0.1) is 10.1 Å². The molecule has 0 unspecified atom stereocenters. The van der Waals surface area contributed by atoms with Gasteiger partial charge in [-0.2, -0.15) is 11.8 Å². The lowest BCUT2D eigenvalue weighted by molar-refractivity contribution is -0.429. The first-order chi connectivity index (χ1) is 14.7. The van der Waals surface area contributed by atoms with Gasteiger partial charge in [0.1, 0.15) is 10.0 Å². The highest BCUT2D eigenvalue weighted by Gasteiger charge is 2.21. The van der Waals surface area contributed by atoms with E-state index in [4.69, 9.17) is 5.73 Å². The van der Waals surface area contributed by atoms with Gasteiger partial charge in [0.05, 0.1) is 22.7 Å². The maximum absolute atomic E-state index is 11.6. The Morgan fingerprint density at radius 1 is 1.06 bits per heavy atom. The molecule has 0 aliphatic carbocycles. The van der Waals surface area contributed by atoms with Gasteiger partial charge in [0.25, 0.3) is 5.70 Å². The molecular formula is C19H31N7O2S3. The molecule has 0 amide bonds. The molecule has 0 atom stereocenters. The van der Waals surface area contributed by atoms with E-state index in [1.54, 1.807) is 35.0 Å². The second-order valence-corrected chi connectivity index (χ2v) is 10.7. The molecule has 0 saturated heterocycles. The van der Waals surface area contributed by atoms with Gasteiger partial charge in [0, 0.05) is 48.9 Å². The van der Waals surface area contributed by atoms with Crippen LogP contribution in [0.2, 0.25) is 0 Å². The largest absolute Gasteiger partial charge is 0.380 e. The van der Waals surface area contributed by atoms with E-state index in [0.29, 0.717) is 18.8 Å². The van der Waals surface area contributed by atoms with Crippen LogP contribution in [-0.2, 0) is 25.3 Å². The van der Waals surface area contributed by atoms with Crippen molar-refractivity contribution in [3.05, 3.63) is 53.8 Å². The molecule has 172 valence electrons. The molecule has 0 aromatic carbocycles. The van der Waals surface area contributed by atoms with Gasteiger partial charge in [-0.05, 0) is 28.2 Å². The van der Waals surface area contributed by atoms with Crippen molar-refractivity contribution >= 4 is 34.4 Å². The van der Waals surface area contributed by atoms with Crippen LogP contribution in [0.4, 0.5) is 0 Å². The molecule has 2 N–H and O–H groups in total. The molecule has 0 aliphatic rings. The quantitative estimate of drug-likeness (QED) is 0.260. The van der Waals surface area contributed by atoms with Gasteiger partial charge >= 0.3 is 0 Å². The van der Waals surface area contributed by atoms with Crippen molar-refractivity contribution in [3.8, 4) is 0 Å². The average Bonchev–Trinajstić information content (AvgIpc) is 3.30. The lowest BCUT2D eigenvalue weighted by Gasteiger charge is -2.18. The number of nitrogens with two attached hydrogens (primary N) is 1. The standard InChI is InChI=1S/C19H31N7O2S3/c1-23(2)9-17-21-14(12-30-17)8-16(26(27)28)19(20)25(5)6-7-29-11-15-13-31-18(22-15)10-24(3)4/h12-13H,6-11,20H2,1-5H3/b19-16-. The topological polar surface area (TPSA) is 105 Å². The van der Waals surface area contributed by atoms with E-state index in [0.717, 1.165) is 33.8 Å². The Hall–Kier alpha value is -1.73. The van der Waals surface area contributed by atoms with E-state index in [1.807, 2.05) is 38.5 Å². The zero-order valence-corrected chi connectivity index (χ0v) is 21.1. The van der Waals surface area contributed by atoms with Gasteiger partial charge in [0.15, 0.2) is 5.82 Å². The third-order valence-electron chi connectivity index (χ3n) is 4.20. The number of thioether (sulfide) groups is 1. The van der Waals surface area contributed by atoms with Crippen LogP contribution in [0.25, 0.3) is 0 Å². The van der Waals surface area contributed by atoms with Crippen LogP contribution in [0.1, 0.15) is 21.4 Å². The van der Waals surface area contributed by atoms with Gasteiger partial charge in [-0.25, -0.2) is 9.97 Å². The maximum Gasteiger partial charge on any atom is 0.291 e. The van der Waals surface area contributed by atoms with Crippen molar-refractivity contribution in [2.75, 3.05) is 47.5 Å². The molecule has 0 fully saturated rings. The third kappa shape index (κ3) is 8.73. The van der Waals surface area contributed by atoms with Crippen molar-refractivity contribution in [2.24, 2.45) is 5.73 Å². The van der Waals surface area contributed by atoms with Gasteiger partial charge in [-0.3, -0.25) is 10.1 Å². The van der Waals surface area contributed by atoms with Gasteiger partial charge in [-0.1, -0.05) is 0 Å². The molecule has 31 heavy (non-hydrogen) atoms. The monoisotopic (exact) mass is 485 g/mol. The van der Waals surface area contributed by atoms with Crippen LogP contribution in [-0.4, -0.2) is 77.1 Å². The minimum Gasteiger partial charge on any atom is -0.380 e. The summed E-state index contributed by atoms with van der Waals surface area (Å²) < 4.78 is 0. The first kappa shape index (κ1) is 25.5. The number of hydrogen-bond donors (Lipinski definition) is 1. The minimum atomic E-state index is -0.397. The zero-order valence-electron chi connectivity index (χ0n) is 18.7. The van der Waals surface area contributed by atoms with Crippen LogP contribution < -0.4 is 5.73 Å². The summed E-state index contributed by atoms with van der Waals surface area (Å²) in [6.45, 7) is 2.18. The summed E-state index contributed by atoms with van der Waals surface area (Å²) in [4.78, 5) is 26.2. The average molecular weight is 486 g/mol. The molecule has 0 aliphatic heterocycles. The highest BCUT2D eigenvalue weighted by atomic mass is 32.2. The Kier molecular flexibility index (Phi) is 10.2. The first-order valence-electron chi connectivity index (χ1n) is 9.73. The summed E-state index contributed by atoms with van der Waals surface area (Å²) >= 11 is 4.92. The molecule has 9 nitrogen and oxygen atoms in total. The summed E-state index contributed by atoms with van der Waals surface area (Å²) in [5, 5.41) is 17.6. The normalized spacial score (nSPS) is 12.5. The molecular weight excluding hydrogens is 454 g/mol. The Morgan fingerprint density at radius 3 is 2.16 bits per heavy atom. The summed E-state index contributed by atoms with van der Waals surface area (Å²) in [5.41, 5.74) is 7.88. The van der Waals surface area contributed by atoms with Crippen molar-refractivity contribution in [1.82, 2.24) is 24.7 Å². The van der Waals surface area contributed by atoms with Crippen molar-refractivity contribution in [1.29, 1.82) is 0 Å². The zero-order chi connectivity index (χ0) is 23.0. The Bertz CT molecular complexity index is 879. The number of aromatic nitrogens is 2. The van der Waals surface area contributed by atoms with Crippen molar-refractivity contribution in [3.63, 3.8) is 0 Å². The molecule has 0 radical (unpaired) electrons. The van der Waals surface area contributed by atoms with E-state index < -0.39 is 4.92 Å². The minimum absolute atomic E-state index is 0.0120. The molecule has 2 rings (SSSR count). The predicted molar refractivity (Wildman–Crippen MR) is 130 cm³/mol. The van der Waals surface area contributed by atoms with E-state index in [-0.39, 0.29) is 17.9 Å². The van der Waals surface area contributed by atoms with Crippen LogP contribution in [0.5, 0.6) is 0 Å². The molecule has 12 heteroatoms. The Balaban J connectivity index is 1.88. The number of thiazole rings is 2. The van der Waals surface area contributed by atoms with Gasteiger partial charge < -0.3 is 20.4 Å². The number of nitro groups is 1. The van der Waals surface area contributed by atoms with Crippen molar-refractivity contribution < 1.29 is 4.92 Å². The van der Waals surface area contributed by atoms with E-state index in [2.05, 4.69) is 20.2 Å². The second kappa shape index (κ2) is 12.3. The number of nitrogens with zero attached hydrogens (tertiary/aromatic N) is 6. The molecule has 0 saturated carbocycles. The van der Waals surface area contributed by atoms with Gasteiger partial charge in [0.2, 0.25) is 0 Å². The molecule has 2 aromatic heterocycles. The lowest BCUT2D eigenvalue weighted by Crippen LogP contribution is -2.29. The Morgan fingerprint density at radius 2 is 1.61 bits per heavy atom. The van der Waals surface area contributed by atoms with Gasteiger partial charge in [-0.15, -0.1) is 22.7 Å². The second-order valence-electron chi connectivity index (χ2n) is 7.68. The highest BCUT2D eigenvalue weighted by Crippen LogP contribution is 2.19. The van der Waals surface area contributed by atoms with Crippen LogP contribution >= 0.6 is 34.4 Å².